The average molecular weight is 597 g/mol. The third-order valence-electron chi connectivity index (χ3n) is 7.27. The van der Waals surface area contributed by atoms with Gasteiger partial charge in [-0.25, -0.2) is 9.59 Å². The Morgan fingerprint density at radius 3 is 2.27 bits per heavy atom. The van der Waals surface area contributed by atoms with E-state index in [9.17, 15) is 9.59 Å². The molecule has 1 unspecified atom stereocenters. The number of aromatic nitrogens is 3. The maximum Gasteiger partial charge on any atom is 0.407 e. The number of nitrogens with one attached hydrogen (secondary N) is 1. The van der Waals surface area contributed by atoms with Crippen molar-refractivity contribution >= 4 is 12.1 Å². The van der Waals surface area contributed by atoms with E-state index < -0.39 is 23.7 Å². The van der Waals surface area contributed by atoms with E-state index in [1.54, 1.807) is 44.8 Å². The van der Waals surface area contributed by atoms with Crippen LogP contribution in [0.25, 0.3) is 22.4 Å². The molecule has 9 nitrogen and oxygen atoms in total. The van der Waals surface area contributed by atoms with Gasteiger partial charge in [0.15, 0.2) is 5.69 Å². The first-order valence-electron chi connectivity index (χ1n) is 15.1. The van der Waals surface area contributed by atoms with E-state index in [4.69, 9.17) is 19.3 Å². The Hall–Kier alpha value is -4.66. The second-order valence-electron chi connectivity index (χ2n) is 12.0. The Bertz CT molecular complexity index is 1570. The van der Waals surface area contributed by atoms with E-state index in [1.807, 2.05) is 43.3 Å². The van der Waals surface area contributed by atoms with Gasteiger partial charge in [-0.1, -0.05) is 36.4 Å². The van der Waals surface area contributed by atoms with Crippen molar-refractivity contribution in [3.05, 3.63) is 89.9 Å². The monoisotopic (exact) mass is 596 g/mol. The number of nitrogens with zero attached hydrogens (tertiary/aromatic N) is 3. The molecule has 1 atom stereocenters. The molecule has 2 aromatic heterocycles. The fourth-order valence-electron chi connectivity index (χ4n) is 4.95. The summed E-state index contributed by atoms with van der Waals surface area (Å²) in [6.07, 6.45) is 5.39. The van der Waals surface area contributed by atoms with Gasteiger partial charge in [0.05, 0.1) is 12.6 Å². The van der Waals surface area contributed by atoms with Crippen LogP contribution in [0.4, 0.5) is 4.79 Å². The maximum absolute atomic E-state index is 13.5. The van der Waals surface area contributed by atoms with Gasteiger partial charge in [-0.05, 0) is 94.3 Å². The van der Waals surface area contributed by atoms with Crippen molar-refractivity contribution < 1.29 is 23.8 Å². The maximum atomic E-state index is 13.5. The molecule has 5 rings (SSSR count). The van der Waals surface area contributed by atoms with E-state index >= 15 is 0 Å². The molecular weight excluding hydrogens is 556 g/mol. The fourth-order valence-corrected chi connectivity index (χ4v) is 4.95. The first-order valence-corrected chi connectivity index (χ1v) is 15.1. The van der Waals surface area contributed by atoms with Gasteiger partial charge >= 0.3 is 12.1 Å². The quantitative estimate of drug-likeness (QED) is 0.181. The highest BCUT2D eigenvalue weighted by Gasteiger charge is 2.29. The van der Waals surface area contributed by atoms with E-state index in [0.717, 1.165) is 22.6 Å². The van der Waals surface area contributed by atoms with Gasteiger partial charge in [0.25, 0.3) is 0 Å². The lowest BCUT2D eigenvalue weighted by Gasteiger charge is -2.21. The Balaban J connectivity index is 1.44. The summed E-state index contributed by atoms with van der Waals surface area (Å²) in [5.41, 5.74) is 4.97. The number of ether oxygens (including phenoxy) is 3. The third kappa shape index (κ3) is 7.64. The molecule has 1 N–H and O–H groups in total. The van der Waals surface area contributed by atoms with Crippen LogP contribution in [-0.4, -0.2) is 45.6 Å². The Labute approximate surface area is 258 Å². The zero-order valence-electron chi connectivity index (χ0n) is 26.0. The van der Waals surface area contributed by atoms with Crippen LogP contribution < -0.4 is 10.1 Å². The largest absolute Gasteiger partial charge is 0.489 e. The van der Waals surface area contributed by atoms with Gasteiger partial charge in [-0.3, -0.25) is 9.67 Å². The molecule has 1 amide bonds. The lowest BCUT2D eigenvalue weighted by Crippen LogP contribution is -2.36. The minimum Gasteiger partial charge on any atom is -0.489 e. The lowest BCUT2D eigenvalue weighted by molar-refractivity contribution is 0.0509. The van der Waals surface area contributed by atoms with Crippen LogP contribution in [0.15, 0.2) is 73.1 Å². The molecule has 1 aliphatic rings. The molecule has 0 saturated heterocycles. The summed E-state index contributed by atoms with van der Waals surface area (Å²) in [5, 5.41) is 7.69. The molecule has 9 heteroatoms. The summed E-state index contributed by atoms with van der Waals surface area (Å²) >= 11 is 0. The van der Waals surface area contributed by atoms with Gasteiger partial charge in [0.1, 0.15) is 23.7 Å². The van der Waals surface area contributed by atoms with E-state index in [0.29, 0.717) is 29.3 Å². The molecule has 44 heavy (non-hydrogen) atoms. The summed E-state index contributed by atoms with van der Waals surface area (Å²) < 4.78 is 18.6. The number of pyridine rings is 1. The SMILES string of the molecule is CCOC(=O)c1c(-c2ccc(OCc3ccc(C4CC4)cc3)cc2)c(-c2ccncc2)nn1C(C)CNC(=O)OC(C)(C)C. The van der Waals surface area contributed by atoms with Gasteiger partial charge in [-0.15, -0.1) is 0 Å². The first kappa shape index (κ1) is 30.8. The predicted molar refractivity (Wildman–Crippen MR) is 169 cm³/mol. The minimum absolute atomic E-state index is 0.187. The molecule has 2 heterocycles. The summed E-state index contributed by atoms with van der Waals surface area (Å²) in [4.78, 5) is 30.0. The number of benzene rings is 2. The van der Waals surface area contributed by atoms with Crippen molar-refractivity contribution in [2.75, 3.05) is 13.2 Å². The van der Waals surface area contributed by atoms with Crippen LogP contribution in [-0.2, 0) is 16.1 Å². The molecule has 1 fully saturated rings. The van der Waals surface area contributed by atoms with Gasteiger partial charge < -0.3 is 19.5 Å². The van der Waals surface area contributed by atoms with Crippen LogP contribution in [0.2, 0.25) is 0 Å². The van der Waals surface area contributed by atoms with E-state index in [-0.39, 0.29) is 13.2 Å². The highest BCUT2D eigenvalue weighted by molar-refractivity contribution is 6.00. The molecule has 4 aromatic rings. The van der Waals surface area contributed by atoms with Crippen molar-refractivity contribution in [1.29, 1.82) is 0 Å². The summed E-state index contributed by atoms with van der Waals surface area (Å²) in [5.74, 6) is 0.933. The number of carbonyl (C=O) groups is 2. The number of hydrogen-bond acceptors (Lipinski definition) is 7. The normalized spacial score (nSPS) is 13.7. The van der Waals surface area contributed by atoms with Crippen LogP contribution in [0.3, 0.4) is 0 Å². The number of esters is 1. The van der Waals surface area contributed by atoms with Crippen LogP contribution >= 0.6 is 0 Å². The number of rotatable bonds is 11. The van der Waals surface area contributed by atoms with Crippen molar-refractivity contribution in [1.82, 2.24) is 20.1 Å². The van der Waals surface area contributed by atoms with Crippen molar-refractivity contribution in [2.24, 2.45) is 0 Å². The molecule has 1 saturated carbocycles. The van der Waals surface area contributed by atoms with E-state index in [1.165, 1.54) is 18.4 Å². The number of amides is 1. The molecular formula is C35H40N4O5. The van der Waals surface area contributed by atoms with Gasteiger partial charge in [0.2, 0.25) is 0 Å². The summed E-state index contributed by atoms with van der Waals surface area (Å²) in [6.45, 7) is 9.90. The summed E-state index contributed by atoms with van der Waals surface area (Å²) in [7, 11) is 0. The van der Waals surface area contributed by atoms with Crippen molar-refractivity contribution in [3.8, 4) is 28.1 Å². The molecule has 0 radical (unpaired) electrons. The third-order valence-corrected chi connectivity index (χ3v) is 7.27. The van der Waals surface area contributed by atoms with Crippen LogP contribution in [0, 0.1) is 0 Å². The van der Waals surface area contributed by atoms with Crippen molar-refractivity contribution in [3.63, 3.8) is 0 Å². The highest BCUT2D eigenvalue weighted by atomic mass is 16.6. The molecule has 2 aromatic carbocycles. The minimum atomic E-state index is -0.632. The first-order chi connectivity index (χ1) is 21.1. The second-order valence-corrected chi connectivity index (χ2v) is 12.0. The number of carbonyl (C=O) groups excluding carboxylic acids is 2. The lowest BCUT2D eigenvalue weighted by atomic mass is 9.99. The summed E-state index contributed by atoms with van der Waals surface area (Å²) in [6, 6.07) is 19.6. The molecule has 1 aliphatic carbocycles. The van der Waals surface area contributed by atoms with Crippen molar-refractivity contribution in [2.45, 2.75) is 71.6 Å². The second kappa shape index (κ2) is 13.3. The predicted octanol–water partition coefficient (Wildman–Crippen LogP) is 7.33. The van der Waals surface area contributed by atoms with E-state index in [2.05, 4.69) is 34.6 Å². The zero-order valence-corrected chi connectivity index (χ0v) is 26.0. The smallest absolute Gasteiger partial charge is 0.407 e. The standard InChI is InChI=1S/C35H40N4O5/c1-6-42-33(40)32-30(27-13-15-29(16-14-27)43-22-24-7-9-25(10-8-24)26-11-12-26)31(28-17-19-36-20-18-28)38-39(32)23(2)21-37-34(41)44-35(3,4)5/h7-10,13-20,23,26H,6,11-12,21-22H2,1-5H3,(H,37,41). The molecule has 0 aliphatic heterocycles. The number of alkyl carbamates (subject to hydrolysis) is 1. The van der Waals surface area contributed by atoms with Crippen LogP contribution in [0.5, 0.6) is 5.75 Å². The van der Waals surface area contributed by atoms with Gasteiger partial charge in [0, 0.05) is 30.1 Å². The topological polar surface area (TPSA) is 105 Å². The number of hydrogen-bond donors (Lipinski definition) is 1. The Morgan fingerprint density at radius 1 is 0.977 bits per heavy atom. The fraction of sp³-hybridized carbons (Fsp3) is 0.371. The highest BCUT2D eigenvalue weighted by Crippen LogP contribution is 2.40. The van der Waals surface area contributed by atoms with Crippen LogP contribution in [0.1, 0.15) is 81.0 Å². The van der Waals surface area contributed by atoms with Gasteiger partial charge in [-0.2, -0.15) is 5.10 Å². The molecule has 230 valence electrons. The zero-order chi connectivity index (χ0) is 31.3. The molecule has 0 spiro atoms. The molecule has 0 bridgehead atoms. The Kier molecular flexibility index (Phi) is 9.32. The average Bonchev–Trinajstić information content (AvgIpc) is 3.78. The Morgan fingerprint density at radius 2 is 1.66 bits per heavy atom.